The molecule has 0 amide bonds. The van der Waals surface area contributed by atoms with E-state index < -0.39 is 28.8 Å². The molecule has 5 N–H and O–H groups in total. The molecule has 0 rings (SSSR count). The van der Waals surface area contributed by atoms with Gasteiger partial charge >= 0.3 is 59.1 Å². The van der Waals surface area contributed by atoms with Crippen LogP contribution in [0.1, 0.15) is 0 Å². The molecule has 0 aromatic heterocycles. The fraction of sp³-hybridized carbons (Fsp3) is 1.00. The summed E-state index contributed by atoms with van der Waals surface area (Å²) >= 11 is -5.72. The maximum Gasteiger partial charge on any atom is 1.00 e. The third kappa shape index (κ3) is 99.7. The van der Waals surface area contributed by atoms with E-state index in [2.05, 4.69) is 0 Å². The zero-order valence-electron chi connectivity index (χ0n) is 8.68. The third-order valence-electron chi connectivity index (χ3n) is 0.421. The minimum absolute atomic E-state index is 0. The second-order valence-electron chi connectivity index (χ2n) is 1.45. The first-order valence-corrected chi connectivity index (χ1v) is 4.80. The van der Waals surface area contributed by atoms with Gasteiger partial charge in [0.15, 0.2) is 0 Å². The first-order valence-electron chi connectivity index (χ1n) is 2.74. The smallest absolute Gasteiger partial charge is 0.750 e. The maximum atomic E-state index is 8.56. The van der Waals surface area contributed by atoms with Crippen LogP contribution >= 0.6 is 0 Å². The van der Waals surface area contributed by atoms with Crippen molar-refractivity contribution in [3.05, 3.63) is 0 Å². The molecule has 0 fully saturated rings. The number of hydrogen-bond acceptors (Lipinski definition) is 7. The second kappa shape index (κ2) is 25.8. The molecule has 0 radical (unpaired) electrons. The first-order chi connectivity index (χ1) is 6.27. The van der Waals surface area contributed by atoms with Crippen molar-refractivity contribution in [2.75, 3.05) is 13.2 Å². The molecule has 0 aliphatic rings. The van der Waals surface area contributed by atoms with Crippen molar-refractivity contribution in [2.24, 2.45) is 0 Å². The zero-order valence-corrected chi connectivity index (χ0v) is 14.3. The summed E-state index contributed by atoms with van der Waals surface area (Å²) < 4.78 is 48.2. The van der Waals surface area contributed by atoms with Gasteiger partial charge in [-0.1, -0.05) is 0 Å². The van der Waals surface area contributed by atoms with Crippen molar-refractivity contribution in [2.45, 2.75) is 6.10 Å². The van der Waals surface area contributed by atoms with Crippen LogP contribution in [0.2, 0.25) is 0 Å². The van der Waals surface area contributed by atoms with Gasteiger partial charge in [-0.05, 0) is 0 Å². The monoisotopic (exact) mass is 300 g/mol. The molecule has 0 aromatic rings. The minimum atomic E-state index is -2.86. The summed E-state index contributed by atoms with van der Waals surface area (Å²) in [4.78, 5) is 0. The molecule has 0 aliphatic carbocycles. The molecule has 9 nitrogen and oxygen atoms in total. The van der Waals surface area contributed by atoms with Gasteiger partial charge in [0.1, 0.15) is 6.10 Å². The number of aliphatic hydroxyl groups excluding tert-OH is 3. The number of hydrogen-bond donors (Lipinski definition) is 5. The molecule has 16 heavy (non-hydrogen) atoms. The van der Waals surface area contributed by atoms with Gasteiger partial charge in [0.05, 0.1) is 35.9 Å². The van der Waals surface area contributed by atoms with E-state index in [1.54, 1.807) is 0 Å². The van der Waals surface area contributed by atoms with Crippen molar-refractivity contribution < 1.29 is 101 Å². The molecule has 90 valence electrons. The fourth-order valence-corrected chi connectivity index (χ4v) is 0.0577. The van der Waals surface area contributed by atoms with Crippen LogP contribution in [0, 0.1) is 0 Å². The summed E-state index contributed by atoms with van der Waals surface area (Å²) in [7, 11) is 0. The molecule has 0 spiro atoms. The molecular weight excluding hydrogens is 290 g/mol. The maximum absolute atomic E-state index is 8.56. The Balaban J connectivity index is -0.0000000367. The Labute approximate surface area is 141 Å². The Hall–Kier alpha value is 2.02. The van der Waals surface area contributed by atoms with E-state index in [9.17, 15) is 0 Å². The summed E-state index contributed by atoms with van der Waals surface area (Å²) in [5.41, 5.74) is 0. The Bertz CT molecular complexity index is 134. The Morgan fingerprint density at radius 3 is 1.06 bits per heavy atom. The van der Waals surface area contributed by atoms with Gasteiger partial charge in [0, 0.05) is 0 Å². The summed E-state index contributed by atoms with van der Waals surface area (Å²) in [5, 5.41) is 24.0. The number of aliphatic hydroxyl groups is 3. The quantitative estimate of drug-likeness (QED) is 0.244. The Morgan fingerprint density at radius 1 is 0.938 bits per heavy atom. The van der Waals surface area contributed by atoms with Crippen LogP contribution in [0.5, 0.6) is 0 Å². The third-order valence-corrected chi connectivity index (χ3v) is 0.421. The van der Waals surface area contributed by atoms with Crippen molar-refractivity contribution in [1.29, 1.82) is 0 Å². The number of rotatable bonds is 2. The molecule has 0 heterocycles. The van der Waals surface area contributed by atoms with Crippen LogP contribution in [0.3, 0.4) is 0 Å². The Kier molecular flexibility index (Phi) is 49.6. The Morgan fingerprint density at radius 2 is 1.06 bits per heavy atom. The van der Waals surface area contributed by atoms with Crippen molar-refractivity contribution in [3.63, 3.8) is 0 Å². The molecular formula is C3H10Na2O9S2. The van der Waals surface area contributed by atoms with Gasteiger partial charge in [-0.25, -0.2) is 8.42 Å². The summed E-state index contributed by atoms with van der Waals surface area (Å²) in [6, 6.07) is 0. The largest absolute Gasteiger partial charge is 1.00 e. The van der Waals surface area contributed by atoms with Crippen LogP contribution in [0.4, 0.5) is 0 Å². The van der Waals surface area contributed by atoms with Crippen molar-refractivity contribution in [1.82, 2.24) is 0 Å². The first kappa shape index (κ1) is 30.8. The molecule has 0 aliphatic heterocycles. The van der Waals surface area contributed by atoms with Crippen LogP contribution in [-0.4, -0.2) is 61.3 Å². The zero-order chi connectivity index (χ0) is 12.1. The molecule has 0 bridgehead atoms. The van der Waals surface area contributed by atoms with E-state index in [4.69, 9.17) is 41.9 Å². The predicted molar refractivity (Wildman–Crippen MR) is 43.3 cm³/mol. The van der Waals surface area contributed by atoms with E-state index >= 15 is 0 Å². The molecule has 2 unspecified atom stereocenters. The average Bonchev–Trinajstić information content (AvgIpc) is 2.01. The van der Waals surface area contributed by atoms with E-state index in [0.717, 1.165) is 0 Å². The average molecular weight is 300 g/mol. The molecule has 13 heteroatoms. The van der Waals surface area contributed by atoms with Gasteiger partial charge in [-0.2, -0.15) is 0 Å². The SMILES string of the molecule is O=S([O-])O.O=S([O-])O.OCC(O)CO.[Na+].[Na+]. The van der Waals surface area contributed by atoms with Crippen LogP contribution in [-0.2, 0) is 22.7 Å². The minimum Gasteiger partial charge on any atom is -0.750 e. The summed E-state index contributed by atoms with van der Waals surface area (Å²) in [6.07, 6.45) is -0.954. The van der Waals surface area contributed by atoms with Gasteiger partial charge in [0.2, 0.25) is 0 Å². The molecule has 0 saturated carbocycles. The predicted octanol–water partition coefficient (Wildman–Crippen LogP) is -8.98. The van der Waals surface area contributed by atoms with Crippen LogP contribution < -0.4 is 59.1 Å². The molecule has 0 aromatic carbocycles. The van der Waals surface area contributed by atoms with Gasteiger partial charge in [-0.3, -0.25) is 0 Å². The van der Waals surface area contributed by atoms with E-state index in [0.29, 0.717) is 0 Å². The van der Waals surface area contributed by atoms with E-state index in [1.807, 2.05) is 0 Å². The summed E-state index contributed by atoms with van der Waals surface area (Å²) in [5.74, 6) is 0. The van der Waals surface area contributed by atoms with Gasteiger partial charge in [-0.15, -0.1) is 0 Å². The van der Waals surface area contributed by atoms with Crippen molar-refractivity contribution in [3.8, 4) is 0 Å². The van der Waals surface area contributed by atoms with Crippen LogP contribution in [0.25, 0.3) is 0 Å². The molecule has 0 saturated heterocycles. The molecule has 2 atom stereocenters. The summed E-state index contributed by atoms with van der Waals surface area (Å²) in [6.45, 7) is -0.729. The van der Waals surface area contributed by atoms with Crippen LogP contribution in [0.15, 0.2) is 0 Å². The fourth-order valence-electron chi connectivity index (χ4n) is 0.0577. The second-order valence-corrected chi connectivity index (χ2v) is 2.32. The van der Waals surface area contributed by atoms with Gasteiger partial charge < -0.3 is 33.5 Å². The van der Waals surface area contributed by atoms with E-state index in [-0.39, 0.29) is 72.3 Å². The van der Waals surface area contributed by atoms with Crippen molar-refractivity contribution >= 4 is 22.7 Å². The normalized spacial score (nSPS) is 11.5. The standard InChI is InChI=1S/C3H8O3.2Na.2H2O3S/c4-1-3(6)2-5;;;2*1-4(2)3/h3-6H,1-2H2;;;2*(H2,1,2,3)/q;2*+1;;/p-2. The van der Waals surface area contributed by atoms with Gasteiger partial charge in [0.25, 0.3) is 0 Å². The topological polar surface area (TPSA) is 181 Å². The van der Waals surface area contributed by atoms with E-state index in [1.165, 1.54) is 0 Å².